The SMILES string of the molecule is CC1C[C@H](OC(=O)c2ccc([N+](=O)[O-])cc2)C[N+]1(C(=O)OC(C)(C)C)C(=O)OC(C)(C)C. The van der Waals surface area contributed by atoms with Crippen LogP contribution in [0.25, 0.3) is 0 Å². The lowest BCUT2D eigenvalue weighted by Gasteiger charge is -2.34. The Labute approximate surface area is 187 Å². The summed E-state index contributed by atoms with van der Waals surface area (Å²) in [6, 6.07) is 4.44. The van der Waals surface area contributed by atoms with Crippen molar-refractivity contribution in [2.24, 2.45) is 0 Å². The van der Waals surface area contributed by atoms with Gasteiger partial charge in [0.05, 0.1) is 10.5 Å². The molecule has 0 aromatic heterocycles. The van der Waals surface area contributed by atoms with Gasteiger partial charge < -0.3 is 14.2 Å². The van der Waals surface area contributed by atoms with Crippen LogP contribution in [-0.2, 0) is 14.2 Å². The van der Waals surface area contributed by atoms with Crippen LogP contribution in [0.4, 0.5) is 15.3 Å². The lowest BCUT2D eigenvalue weighted by molar-refractivity contribution is -0.799. The Balaban J connectivity index is 2.27. The van der Waals surface area contributed by atoms with Crippen molar-refractivity contribution in [3.8, 4) is 0 Å². The number of amides is 2. The van der Waals surface area contributed by atoms with Gasteiger partial charge in [-0.05, 0) is 60.6 Å². The van der Waals surface area contributed by atoms with Gasteiger partial charge in [-0.1, -0.05) is 0 Å². The molecule has 1 aromatic carbocycles. The Morgan fingerprint density at radius 1 is 0.969 bits per heavy atom. The number of rotatable bonds is 3. The summed E-state index contributed by atoms with van der Waals surface area (Å²) in [7, 11) is 0. The largest absolute Gasteiger partial charge is 0.527 e. The number of esters is 1. The molecule has 2 amide bonds. The highest BCUT2D eigenvalue weighted by atomic mass is 16.6. The second kappa shape index (κ2) is 8.85. The van der Waals surface area contributed by atoms with Crippen LogP contribution in [0.5, 0.6) is 0 Å². The van der Waals surface area contributed by atoms with Crippen molar-refractivity contribution in [3.63, 3.8) is 0 Å². The van der Waals surface area contributed by atoms with E-state index in [9.17, 15) is 24.5 Å². The first-order valence-corrected chi connectivity index (χ1v) is 10.4. The van der Waals surface area contributed by atoms with Gasteiger partial charge in [0.15, 0.2) is 6.10 Å². The van der Waals surface area contributed by atoms with Crippen LogP contribution in [0.2, 0.25) is 0 Å². The zero-order chi connectivity index (χ0) is 24.5. The standard InChI is InChI=1S/C22H31N2O8/c1-14-12-17(30-18(25)15-8-10-16(11-9-15)23(28)29)13-24(14,19(26)31-21(2,3)4)20(27)32-22(5,6)7/h8-11,14,17H,12-13H2,1-7H3/q+1/t14?,17-/m0/s1. The molecule has 10 nitrogen and oxygen atoms in total. The molecule has 0 bridgehead atoms. The fourth-order valence-corrected chi connectivity index (χ4v) is 3.43. The summed E-state index contributed by atoms with van der Waals surface area (Å²) < 4.78 is 15.9. The van der Waals surface area contributed by atoms with E-state index in [1.807, 2.05) is 0 Å². The fourth-order valence-electron chi connectivity index (χ4n) is 3.43. The third-order valence-electron chi connectivity index (χ3n) is 4.87. The van der Waals surface area contributed by atoms with E-state index in [2.05, 4.69) is 0 Å². The average molecular weight is 451 g/mol. The third-order valence-corrected chi connectivity index (χ3v) is 4.87. The Morgan fingerprint density at radius 2 is 1.44 bits per heavy atom. The van der Waals surface area contributed by atoms with E-state index in [4.69, 9.17) is 14.2 Å². The minimum Gasteiger partial charge on any atom is -0.452 e. The summed E-state index contributed by atoms with van der Waals surface area (Å²) in [6.45, 7) is 11.8. The summed E-state index contributed by atoms with van der Waals surface area (Å²) >= 11 is 0. The van der Waals surface area contributed by atoms with Crippen LogP contribution in [0.1, 0.15) is 65.2 Å². The number of nitrogens with zero attached hydrogens (tertiary/aromatic N) is 2. The maximum atomic E-state index is 13.2. The summed E-state index contributed by atoms with van der Waals surface area (Å²) in [5.41, 5.74) is -1.70. The molecule has 0 aliphatic carbocycles. The van der Waals surface area contributed by atoms with Crippen molar-refractivity contribution in [3.05, 3.63) is 39.9 Å². The second-order valence-electron chi connectivity index (χ2n) is 9.93. The quantitative estimate of drug-likeness (QED) is 0.215. The highest BCUT2D eigenvalue weighted by molar-refractivity contribution is 5.89. The van der Waals surface area contributed by atoms with Gasteiger partial charge in [-0.15, -0.1) is 4.48 Å². The Morgan fingerprint density at radius 3 is 1.84 bits per heavy atom. The van der Waals surface area contributed by atoms with Crippen LogP contribution in [0, 0.1) is 10.1 Å². The predicted octanol–water partition coefficient (Wildman–Crippen LogP) is 4.60. The number of nitro groups is 1. The van der Waals surface area contributed by atoms with Crippen molar-refractivity contribution in [2.75, 3.05) is 6.54 Å². The molecule has 1 aliphatic heterocycles. The number of benzene rings is 1. The zero-order valence-electron chi connectivity index (χ0n) is 19.5. The van der Waals surface area contributed by atoms with Crippen LogP contribution in [0.3, 0.4) is 0 Å². The van der Waals surface area contributed by atoms with Crippen LogP contribution in [-0.4, -0.2) is 57.5 Å². The molecule has 1 fully saturated rings. The van der Waals surface area contributed by atoms with Crippen LogP contribution >= 0.6 is 0 Å². The molecule has 0 N–H and O–H groups in total. The lowest BCUT2D eigenvalue weighted by atomic mass is 10.2. The summed E-state index contributed by atoms with van der Waals surface area (Å²) in [4.78, 5) is 49.1. The van der Waals surface area contributed by atoms with Gasteiger partial charge in [-0.3, -0.25) is 10.1 Å². The van der Waals surface area contributed by atoms with E-state index in [-0.39, 0.29) is 24.2 Å². The van der Waals surface area contributed by atoms with Crippen molar-refractivity contribution in [1.82, 2.24) is 0 Å². The first kappa shape index (κ1) is 25.3. The van der Waals surface area contributed by atoms with Crippen LogP contribution < -0.4 is 0 Å². The van der Waals surface area contributed by atoms with E-state index in [0.717, 1.165) is 0 Å². The van der Waals surface area contributed by atoms with Crippen molar-refractivity contribution in [2.45, 2.75) is 78.2 Å². The van der Waals surface area contributed by atoms with Gasteiger partial charge >= 0.3 is 18.2 Å². The molecule has 1 unspecified atom stereocenters. The molecule has 2 atom stereocenters. The molecule has 0 spiro atoms. The number of imide groups is 1. The van der Waals surface area contributed by atoms with Gasteiger partial charge in [0.1, 0.15) is 23.8 Å². The minimum absolute atomic E-state index is 0.128. The van der Waals surface area contributed by atoms with Gasteiger partial charge in [0.25, 0.3) is 5.69 Å². The van der Waals surface area contributed by atoms with Gasteiger partial charge in [-0.2, -0.15) is 9.59 Å². The van der Waals surface area contributed by atoms with Crippen molar-refractivity contribution in [1.29, 1.82) is 0 Å². The number of hydrogen-bond donors (Lipinski definition) is 0. The van der Waals surface area contributed by atoms with E-state index in [0.29, 0.717) is 0 Å². The Kier molecular flexibility index (Phi) is 6.99. The molecule has 1 heterocycles. The van der Waals surface area contributed by atoms with Gasteiger partial charge in [0.2, 0.25) is 0 Å². The smallest absolute Gasteiger partial charge is 0.452 e. The number of ether oxygens (including phenoxy) is 3. The zero-order valence-corrected chi connectivity index (χ0v) is 19.5. The maximum absolute atomic E-state index is 13.2. The monoisotopic (exact) mass is 451 g/mol. The number of likely N-dealkylation sites (tertiary alicyclic amines) is 1. The highest BCUT2D eigenvalue weighted by Crippen LogP contribution is 2.34. The number of hydrogen-bond acceptors (Lipinski definition) is 8. The van der Waals surface area contributed by atoms with Gasteiger partial charge in [-0.25, -0.2) is 4.79 Å². The molecular formula is C22H31N2O8+. The molecule has 176 valence electrons. The van der Waals surface area contributed by atoms with Crippen molar-refractivity contribution >= 4 is 23.8 Å². The second-order valence-corrected chi connectivity index (χ2v) is 9.93. The van der Waals surface area contributed by atoms with E-state index < -0.39 is 50.9 Å². The molecule has 10 heteroatoms. The van der Waals surface area contributed by atoms with E-state index >= 15 is 0 Å². The normalized spacial score (nSPS) is 20.3. The number of carbonyl (C=O) groups excluding carboxylic acids is 3. The molecular weight excluding hydrogens is 420 g/mol. The number of carbonyl (C=O) groups is 3. The molecule has 1 saturated heterocycles. The number of nitro benzene ring substituents is 1. The Bertz CT molecular complexity index is 868. The summed E-state index contributed by atoms with van der Waals surface area (Å²) in [5.74, 6) is -0.703. The number of non-ortho nitro benzene ring substituents is 1. The van der Waals surface area contributed by atoms with Gasteiger partial charge in [0, 0.05) is 18.6 Å². The first-order chi connectivity index (χ1) is 14.5. The minimum atomic E-state index is -0.836. The maximum Gasteiger partial charge on any atom is 0.527 e. The topological polar surface area (TPSA) is 122 Å². The number of quaternary nitrogens is 1. The molecule has 1 aromatic rings. The lowest BCUT2D eigenvalue weighted by Crippen LogP contribution is -2.62. The predicted molar refractivity (Wildman–Crippen MR) is 114 cm³/mol. The molecule has 0 saturated carbocycles. The molecule has 1 aliphatic rings. The molecule has 0 radical (unpaired) electrons. The molecule has 2 rings (SSSR count). The summed E-state index contributed by atoms with van der Waals surface area (Å²) in [6.07, 6.45) is -2.06. The van der Waals surface area contributed by atoms with Crippen LogP contribution in [0.15, 0.2) is 24.3 Å². The average Bonchev–Trinajstić information content (AvgIpc) is 2.96. The van der Waals surface area contributed by atoms with E-state index in [1.165, 1.54) is 24.3 Å². The molecule has 32 heavy (non-hydrogen) atoms. The Hall–Kier alpha value is -3.01. The fraction of sp³-hybridized carbons (Fsp3) is 0.591. The first-order valence-electron chi connectivity index (χ1n) is 10.4. The summed E-state index contributed by atoms with van der Waals surface area (Å²) in [5, 5.41) is 10.8. The third kappa shape index (κ3) is 5.82. The van der Waals surface area contributed by atoms with Crippen molar-refractivity contribution < 1.29 is 38.0 Å². The highest BCUT2D eigenvalue weighted by Gasteiger charge is 2.61. The van der Waals surface area contributed by atoms with E-state index in [1.54, 1.807) is 48.5 Å².